The van der Waals surface area contributed by atoms with E-state index in [0.717, 1.165) is 62.9 Å². The van der Waals surface area contributed by atoms with Crippen molar-refractivity contribution in [2.24, 2.45) is 0 Å². The quantitative estimate of drug-likeness (QED) is 0.250. The number of hydrogen-bond donors (Lipinski definition) is 1. The van der Waals surface area contributed by atoms with Crippen molar-refractivity contribution in [1.29, 1.82) is 0 Å². The van der Waals surface area contributed by atoms with Gasteiger partial charge in [-0.2, -0.15) is 0 Å². The third kappa shape index (κ3) is 4.27. The first-order valence-corrected chi connectivity index (χ1v) is 14.1. The molecular formula is C33H26N2O3S. The van der Waals surface area contributed by atoms with Crippen molar-refractivity contribution in [1.82, 2.24) is 0 Å². The number of nitrogens with one attached hydrogen (secondary N) is 1. The Morgan fingerprint density at radius 3 is 2.36 bits per heavy atom. The van der Waals surface area contributed by atoms with Gasteiger partial charge in [0.05, 0.1) is 5.39 Å². The van der Waals surface area contributed by atoms with Crippen LogP contribution in [0, 0.1) is 0 Å². The molecular weight excluding hydrogens is 504 g/mol. The van der Waals surface area contributed by atoms with Crippen LogP contribution < -0.4 is 15.6 Å². The highest BCUT2D eigenvalue weighted by atomic mass is 32.1. The lowest BCUT2D eigenvalue weighted by molar-refractivity contribution is 0.102. The Balaban J connectivity index is 1.34. The minimum absolute atomic E-state index is 0.0130. The number of benzene rings is 4. The van der Waals surface area contributed by atoms with E-state index in [1.54, 1.807) is 29.5 Å². The van der Waals surface area contributed by atoms with Crippen LogP contribution in [0.1, 0.15) is 29.6 Å². The van der Waals surface area contributed by atoms with Crippen LogP contribution in [-0.2, 0) is 0 Å². The van der Waals surface area contributed by atoms with Crippen LogP contribution in [0.2, 0.25) is 0 Å². The number of rotatable bonds is 4. The van der Waals surface area contributed by atoms with Crippen molar-refractivity contribution in [3.05, 3.63) is 107 Å². The molecule has 0 aliphatic carbocycles. The van der Waals surface area contributed by atoms with Crippen LogP contribution in [-0.4, -0.2) is 19.0 Å². The van der Waals surface area contributed by atoms with Crippen molar-refractivity contribution >= 4 is 60.0 Å². The Bertz CT molecular complexity index is 1920. The van der Waals surface area contributed by atoms with Gasteiger partial charge >= 0.3 is 0 Å². The van der Waals surface area contributed by atoms with Gasteiger partial charge < -0.3 is 14.6 Å². The molecule has 7 rings (SSSR count). The van der Waals surface area contributed by atoms with Crippen molar-refractivity contribution < 1.29 is 9.21 Å². The lowest BCUT2D eigenvalue weighted by Gasteiger charge is -2.27. The van der Waals surface area contributed by atoms with Crippen LogP contribution in [0.25, 0.3) is 42.3 Å². The summed E-state index contributed by atoms with van der Waals surface area (Å²) in [5.74, 6) is 0.521. The zero-order chi connectivity index (χ0) is 26.3. The number of para-hydroxylation sites is 1. The van der Waals surface area contributed by atoms with Gasteiger partial charge in [0.15, 0.2) is 11.3 Å². The lowest BCUT2D eigenvalue weighted by atomic mass is 10.0. The molecule has 1 saturated heterocycles. The van der Waals surface area contributed by atoms with Crippen LogP contribution in [0.4, 0.5) is 11.6 Å². The van der Waals surface area contributed by atoms with Crippen molar-refractivity contribution in [3.8, 4) is 11.1 Å². The molecule has 3 heterocycles. The number of carbonyl (C=O) groups excluding carboxylic acids is 1. The number of anilines is 2. The molecule has 4 aromatic carbocycles. The predicted octanol–water partition coefficient (Wildman–Crippen LogP) is 8.07. The highest BCUT2D eigenvalue weighted by molar-refractivity contribution is 7.26. The molecule has 6 aromatic rings. The number of fused-ring (bicyclic) bond motifs is 4. The largest absolute Gasteiger partial charge is 0.440 e. The van der Waals surface area contributed by atoms with Crippen LogP contribution in [0.15, 0.2) is 100 Å². The standard InChI is InChI=1S/C33H26N2O3S/c36-28-20-30(35-17-5-2-6-18-35)38-31-23(11-7-14-26(28)31)24-12-8-13-25-27-19-22(15-16-29(27)39-32(24)25)34-33(37)21-9-3-1-4-10-21/h1,3-4,7-16,19-20H,2,5-6,17-18H2,(H,34,37). The van der Waals surface area contributed by atoms with Crippen LogP contribution in [0.3, 0.4) is 0 Å². The summed E-state index contributed by atoms with van der Waals surface area (Å²) >= 11 is 1.71. The smallest absolute Gasteiger partial charge is 0.255 e. The van der Waals surface area contributed by atoms with Gasteiger partial charge in [0.2, 0.25) is 0 Å². The molecule has 5 nitrogen and oxygen atoms in total. The molecule has 0 radical (unpaired) electrons. The Labute approximate surface area is 229 Å². The maximum Gasteiger partial charge on any atom is 0.255 e. The third-order valence-corrected chi connectivity index (χ3v) is 8.71. The maximum absolute atomic E-state index is 13.1. The number of thiophene rings is 1. The van der Waals surface area contributed by atoms with E-state index in [1.807, 2.05) is 54.6 Å². The molecule has 1 N–H and O–H groups in total. The lowest BCUT2D eigenvalue weighted by Crippen LogP contribution is -2.30. The minimum Gasteiger partial charge on any atom is -0.440 e. The highest BCUT2D eigenvalue weighted by Crippen LogP contribution is 2.42. The average molecular weight is 531 g/mol. The fraction of sp³-hybridized carbons (Fsp3) is 0.152. The number of piperidine rings is 1. The maximum atomic E-state index is 13.1. The van der Waals surface area contributed by atoms with E-state index in [-0.39, 0.29) is 11.3 Å². The molecule has 1 fully saturated rings. The summed E-state index contributed by atoms with van der Waals surface area (Å²) in [5.41, 5.74) is 3.94. The minimum atomic E-state index is -0.134. The monoisotopic (exact) mass is 530 g/mol. The molecule has 1 aliphatic rings. The van der Waals surface area contributed by atoms with Crippen molar-refractivity contribution in [2.75, 3.05) is 23.3 Å². The van der Waals surface area contributed by atoms with Crippen molar-refractivity contribution in [2.45, 2.75) is 19.3 Å². The van der Waals surface area contributed by atoms with E-state index < -0.39 is 0 Å². The molecule has 0 atom stereocenters. The van der Waals surface area contributed by atoms with E-state index in [4.69, 9.17) is 4.42 Å². The van der Waals surface area contributed by atoms with Gasteiger partial charge in [-0.25, -0.2) is 0 Å². The molecule has 0 bridgehead atoms. The van der Waals surface area contributed by atoms with E-state index in [1.165, 1.54) is 6.42 Å². The van der Waals surface area contributed by atoms with Gasteiger partial charge in [-0.3, -0.25) is 9.59 Å². The van der Waals surface area contributed by atoms with Gasteiger partial charge in [-0.1, -0.05) is 48.5 Å². The SMILES string of the molecule is O=C(Nc1ccc2sc3c(-c4cccc5c(=O)cc(N6CCCCC6)oc45)cccc3c2c1)c1ccccc1. The first kappa shape index (κ1) is 23.7. The van der Waals surface area contributed by atoms with E-state index >= 15 is 0 Å². The second-order valence-corrected chi connectivity index (χ2v) is 11.0. The summed E-state index contributed by atoms with van der Waals surface area (Å²) < 4.78 is 8.73. The number of nitrogens with zero attached hydrogens (tertiary/aromatic N) is 1. The Morgan fingerprint density at radius 2 is 1.54 bits per heavy atom. The summed E-state index contributed by atoms with van der Waals surface area (Å²) in [4.78, 5) is 28.1. The molecule has 0 spiro atoms. The summed E-state index contributed by atoms with van der Waals surface area (Å²) in [5, 5.41) is 5.81. The highest BCUT2D eigenvalue weighted by Gasteiger charge is 2.19. The van der Waals surface area contributed by atoms with Gasteiger partial charge in [0.1, 0.15) is 5.58 Å². The van der Waals surface area contributed by atoms with Gasteiger partial charge in [-0.05, 0) is 55.7 Å². The molecule has 2 aromatic heterocycles. The fourth-order valence-electron chi connectivity index (χ4n) is 5.53. The second kappa shape index (κ2) is 9.71. The van der Waals surface area contributed by atoms with Crippen LogP contribution >= 0.6 is 11.3 Å². The van der Waals surface area contributed by atoms with E-state index in [0.29, 0.717) is 22.4 Å². The first-order chi connectivity index (χ1) is 19.2. The fourth-order valence-corrected chi connectivity index (χ4v) is 6.74. The summed E-state index contributed by atoms with van der Waals surface area (Å²) in [6.45, 7) is 1.82. The summed E-state index contributed by atoms with van der Waals surface area (Å²) in [6, 6.07) is 29.0. The molecule has 6 heteroatoms. The number of carbonyl (C=O) groups is 1. The number of hydrogen-bond acceptors (Lipinski definition) is 5. The Morgan fingerprint density at radius 1 is 0.769 bits per heavy atom. The van der Waals surface area contributed by atoms with Gasteiger partial charge in [0, 0.05) is 61.7 Å². The zero-order valence-electron chi connectivity index (χ0n) is 21.3. The topological polar surface area (TPSA) is 62.6 Å². The molecule has 192 valence electrons. The van der Waals surface area contributed by atoms with E-state index in [9.17, 15) is 9.59 Å². The molecule has 0 saturated carbocycles. The number of amides is 1. The normalized spacial score (nSPS) is 13.8. The van der Waals surface area contributed by atoms with Gasteiger partial charge in [0.25, 0.3) is 5.91 Å². The zero-order valence-corrected chi connectivity index (χ0v) is 22.1. The second-order valence-electron chi connectivity index (χ2n) is 9.99. The Kier molecular flexibility index (Phi) is 5.90. The van der Waals surface area contributed by atoms with Crippen LogP contribution in [0.5, 0.6) is 0 Å². The average Bonchev–Trinajstić information content (AvgIpc) is 3.36. The first-order valence-electron chi connectivity index (χ1n) is 13.3. The van der Waals surface area contributed by atoms with Gasteiger partial charge in [-0.15, -0.1) is 11.3 Å². The van der Waals surface area contributed by atoms with E-state index in [2.05, 4.69) is 28.4 Å². The summed E-state index contributed by atoms with van der Waals surface area (Å²) in [7, 11) is 0. The third-order valence-electron chi connectivity index (χ3n) is 7.49. The van der Waals surface area contributed by atoms with Crippen molar-refractivity contribution in [3.63, 3.8) is 0 Å². The predicted molar refractivity (Wildman–Crippen MR) is 161 cm³/mol. The molecule has 1 amide bonds. The Hall–Kier alpha value is -4.42. The molecule has 1 aliphatic heterocycles. The molecule has 0 unspecified atom stereocenters. The molecule has 39 heavy (non-hydrogen) atoms. The summed E-state index contributed by atoms with van der Waals surface area (Å²) in [6.07, 6.45) is 3.43.